The van der Waals surface area contributed by atoms with Crippen molar-refractivity contribution in [3.8, 4) is 23.0 Å². The summed E-state index contributed by atoms with van der Waals surface area (Å²) in [5.41, 5.74) is 0. The van der Waals surface area contributed by atoms with Gasteiger partial charge in [-0.25, -0.2) is 0 Å². The summed E-state index contributed by atoms with van der Waals surface area (Å²) in [7, 11) is 0. The summed E-state index contributed by atoms with van der Waals surface area (Å²) in [6.45, 7) is 5.82. The van der Waals surface area contributed by atoms with Crippen molar-refractivity contribution in [2.75, 3.05) is 13.2 Å². The molecule has 0 heterocycles. The molecule has 0 saturated heterocycles. The van der Waals surface area contributed by atoms with Gasteiger partial charge >= 0.3 is 0 Å². The van der Waals surface area contributed by atoms with E-state index < -0.39 is 0 Å². The fourth-order valence-electron chi connectivity index (χ4n) is 3.31. The molecule has 3 aromatic rings. The first-order valence-electron chi connectivity index (χ1n) is 10.9. The molecular formula is C26H32O3. The Kier molecular flexibility index (Phi) is 8.24. The van der Waals surface area contributed by atoms with Gasteiger partial charge < -0.3 is 14.2 Å². The standard InChI is InChI=1S/C26H32O3/c1-3-5-10-19-27-24-16-12-15-23-22(24)17-18-25(26(23)28-20-11-6-4-2)29-21-13-8-7-9-14-21/h7-9,12-18H,3-6,10-11,19-20H2,1-2H3. The molecule has 0 saturated carbocycles. The summed E-state index contributed by atoms with van der Waals surface area (Å²) in [6, 6.07) is 20.1. The van der Waals surface area contributed by atoms with Gasteiger partial charge in [0.15, 0.2) is 11.5 Å². The molecule has 0 bridgehead atoms. The summed E-state index contributed by atoms with van der Waals surface area (Å²) in [4.78, 5) is 0. The van der Waals surface area contributed by atoms with Crippen LogP contribution in [0, 0.1) is 0 Å². The van der Waals surface area contributed by atoms with Crippen molar-refractivity contribution in [2.45, 2.75) is 52.4 Å². The lowest BCUT2D eigenvalue weighted by atomic mass is 10.1. The number of benzene rings is 3. The number of fused-ring (bicyclic) bond motifs is 1. The second-order valence-corrected chi connectivity index (χ2v) is 7.27. The monoisotopic (exact) mass is 392 g/mol. The highest BCUT2D eigenvalue weighted by atomic mass is 16.5. The van der Waals surface area contributed by atoms with Crippen LogP contribution in [-0.2, 0) is 0 Å². The zero-order valence-corrected chi connectivity index (χ0v) is 17.7. The van der Waals surface area contributed by atoms with Gasteiger partial charge in [0, 0.05) is 10.8 Å². The SMILES string of the molecule is CCCCCOc1cccc2c(OCCCCC)c(Oc3ccccc3)ccc12. The van der Waals surface area contributed by atoms with Crippen molar-refractivity contribution in [3.05, 3.63) is 60.7 Å². The first-order chi connectivity index (χ1) is 14.3. The lowest BCUT2D eigenvalue weighted by molar-refractivity contribution is 0.295. The van der Waals surface area contributed by atoms with E-state index in [4.69, 9.17) is 14.2 Å². The molecule has 154 valence electrons. The van der Waals surface area contributed by atoms with E-state index in [0.29, 0.717) is 6.61 Å². The second-order valence-electron chi connectivity index (χ2n) is 7.27. The second kappa shape index (κ2) is 11.4. The molecule has 3 nitrogen and oxygen atoms in total. The Labute approximate surface area is 174 Å². The van der Waals surface area contributed by atoms with E-state index in [-0.39, 0.29) is 0 Å². The van der Waals surface area contributed by atoms with Crippen LogP contribution in [0.2, 0.25) is 0 Å². The Bertz CT molecular complexity index is 874. The summed E-state index contributed by atoms with van der Waals surface area (Å²) in [6.07, 6.45) is 6.81. The van der Waals surface area contributed by atoms with Crippen LogP contribution < -0.4 is 14.2 Å². The summed E-state index contributed by atoms with van der Waals surface area (Å²) < 4.78 is 18.5. The van der Waals surface area contributed by atoms with Gasteiger partial charge in [-0.2, -0.15) is 0 Å². The van der Waals surface area contributed by atoms with E-state index in [0.717, 1.165) is 59.6 Å². The van der Waals surface area contributed by atoms with Crippen molar-refractivity contribution >= 4 is 10.8 Å². The molecule has 0 atom stereocenters. The Morgan fingerprint density at radius 3 is 2.03 bits per heavy atom. The van der Waals surface area contributed by atoms with E-state index in [2.05, 4.69) is 26.0 Å². The Hall–Kier alpha value is -2.68. The van der Waals surface area contributed by atoms with Gasteiger partial charge in [-0.15, -0.1) is 0 Å². The number of unbranched alkanes of at least 4 members (excludes halogenated alkanes) is 4. The van der Waals surface area contributed by atoms with Crippen LogP contribution in [0.4, 0.5) is 0 Å². The van der Waals surface area contributed by atoms with Gasteiger partial charge in [-0.3, -0.25) is 0 Å². The number of rotatable bonds is 12. The van der Waals surface area contributed by atoms with Gasteiger partial charge in [-0.05, 0) is 43.2 Å². The average molecular weight is 393 g/mol. The summed E-state index contributed by atoms with van der Waals surface area (Å²) in [5, 5.41) is 2.10. The highest BCUT2D eigenvalue weighted by molar-refractivity contribution is 5.95. The van der Waals surface area contributed by atoms with E-state index in [1.54, 1.807) is 0 Å². The predicted molar refractivity (Wildman–Crippen MR) is 121 cm³/mol. The molecule has 0 aliphatic heterocycles. The van der Waals surface area contributed by atoms with Gasteiger partial charge in [0.05, 0.1) is 13.2 Å². The molecule has 29 heavy (non-hydrogen) atoms. The third kappa shape index (κ3) is 5.90. The van der Waals surface area contributed by atoms with Gasteiger partial charge in [0.1, 0.15) is 11.5 Å². The van der Waals surface area contributed by atoms with Gasteiger partial charge in [-0.1, -0.05) is 69.9 Å². The fraction of sp³-hybridized carbons (Fsp3) is 0.385. The maximum atomic E-state index is 6.24. The molecule has 0 aliphatic carbocycles. The Morgan fingerprint density at radius 2 is 1.31 bits per heavy atom. The van der Waals surface area contributed by atoms with Crippen molar-refractivity contribution in [1.82, 2.24) is 0 Å². The molecule has 3 aromatic carbocycles. The minimum absolute atomic E-state index is 0.680. The van der Waals surface area contributed by atoms with Crippen LogP contribution >= 0.6 is 0 Å². The highest BCUT2D eigenvalue weighted by Gasteiger charge is 2.14. The fourth-order valence-corrected chi connectivity index (χ4v) is 3.31. The minimum Gasteiger partial charge on any atom is -0.493 e. The number of hydrogen-bond donors (Lipinski definition) is 0. The van der Waals surface area contributed by atoms with Crippen LogP contribution in [0.25, 0.3) is 10.8 Å². The van der Waals surface area contributed by atoms with E-state index in [1.165, 1.54) is 19.3 Å². The molecule has 0 amide bonds. The molecule has 0 radical (unpaired) electrons. The third-order valence-corrected chi connectivity index (χ3v) is 4.91. The lowest BCUT2D eigenvalue weighted by Gasteiger charge is -2.17. The number of hydrogen-bond acceptors (Lipinski definition) is 3. The Morgan fingerprint density at radius 1 is 0.586 bits per heavy atom. The quantitative estimate of drug-likeness (QED) is 0.295. The van der Waals surface area contributed by atoms with E-state index in [1.807, 2.05) is 48.5 Å². The predicted octanol–water partition coefficient (Wildman–Crippen LogP) is 7.77. The molecule has 0 unspecified atom stereocenters. The molecule has 3 rings (SSSR count). The largest absolute Gasteiger partial charge is 0.493 e. The van der Waals surface area contributed by atoms with Crippen LogP contribution in [0.15, 0.2) is 60.7 Å². The molecule has 0 fully saturated rings. The van der Waals surface area contributed by atoms with Crippen molar-refractivity contribution in [1.29, 1.82) is 0 Å². The zero-order chi connectivity index (χ0) is 20.3. The van der Waals surface area contributed by atoms with Crippen molar-refractivity contribution < 1.29 is 14.2 Å². The Balaban J connectivity index is 1.90. The van der Waals surface area contributed by atoms with Crippen LogP contribution in [0.3, 0.4) is 0 Å². The normalized spacial score (nSPS) is 10.8. The molecule has 0 N–H and O–H groups in total. The van der Waals surface area contributed by atoms with Gasteiger partial charge in [0.25, 0.3) is 0 Å². The smallest absolute Gasteiger partial charge is 0.169 e. The highest BCUT2D eigenvalue weighted by Crippen LogP contribution is 2.41. The number of ether oxygens (including phenoxy) is 3. The average Bonchev–Trinajstić information content (AvgIpc) is 2.76. The zero-order valence-electron chi connectivity index (χ0n) is 17.7. The maximum absolute atomic E-state index is 6.24. The van der Waals surface area contributed by atoms with E-state index in [9.17, 15) is 0 Å². The first kappa shape index (κ1) is 21.0. The lowest BCUT2D eigenvalue weighted by Crippen LogP contribution is -2.01. The van der Waals surface area contributed by atoms with Crippen LogP contribution in [-0.4, -0.2) is 13.2 Å². The van der Waals surface area contributed by atoms with Crippen molar-refractivity contribution in [3.63, 3.8) is 0 Å². The van der Waals surface area contributed by atoms with Gasteiger partial charge in [0.2, 0.25) is 0 Å². The maximum Gasteiger partial charge on any atom is 0.169 e. The summed E-state index contributed by atoms with van der Waals surface area (Å²) in [5.74, 6) is 3.24. The minimum atomic E-state index is 0.680. The van der Waals surface area contributed by atoms with Crippen LogP contribution in [0.5, 0.6) is 23.0 Å². The van der Waals surface area contributed by atoms with Crippen LogP contribution in [0.1, 0.15) is 52.4 Å². The molecule has 3 heteroatoms. The summed E-state index contributed by atoms with van der Waals surface area (Å²) >= 11 is 0. The third-order valence-electron chi connectivity index (χ3n) is 4.91. The topological polar surface area (TPSA) is 27.7 Å². The molecule has 0 aromatic heterocycles. The van der Waals surface area contributed by atoms with Crippen molar-refractivity contribution in [2.24, 2.45) is 0 Å². The molecule has 0 aliphatic rings. The molecular weight excluding hydrogens is 360 g/mol. The van der Waals surface area contributed by atoms with E-state index >= 15 is 0 Å². The number of para-hydroxylation sites is 1. The first-order valence-corrected chi connectivity index (χ1v) is 10.9. The molecule has 0 spiro atoms.